The molecule has 19 heavy (non-hydrogen) atoms. The Bertz CT molecular complexity index is 533. The van der Waals surface area contributed by atoms with Crippen LogP contribution in [0.3, 0.4) is 0 Å². The highest BCUT2D eigenvalue weighted by molar-refractivity contribution is 6.33. The lowest BCUT2D eigenvalue weighted by Gasteiger charge is -2.11. The SMILES string of the molecule is O=C(NC(CO)C(=O)O)c1cccc(Cl)c1[N+](=O)[O-]. The number of nitrogens with one attached hydrogen (secondary N) is 1. The number of halogens is 1. The van der Waals surface area contributed by atoms with Crippen LogP contribution >= 0.6 is 11.6 Å². The number of hydrogen-bond acceptors (Lipinski definition) is 5. The number of nitro groups is 1. The Hall–Kier alpha value is -2.19. The molecule has 1 aromatic carbocycles. The van der Waals surface area contributed by atoms with Crippen LogP contribution in [0.5, 0.6) is 0 Å². The fourth-order valence-electron chi connectivity index (χ4n) is 1.31. The van der Waals surface area contributed by atoms with Crippen molar-refractivity contribution in [3.63, 3.8) is 0 Å². The lowest BCUT2D eigenvalue weighted by molar-refractivity contribution is -0.385. The third-order valence-corrected chi connectivity index (χ3v) is 2.50. The minimum atomic E-state index is -1.55. The molecule has 9 heteroatoms. The molecule has 0 fully saturated rings. The molecule has 0 bridgehead atoms. The predicted molar refractivity (Wildman–Crippen MR) is 64.1 cm³/mol. The Morgan fingerprint density at radius 1 is 1.47 bits per heavy atom. The molecule has 0 saturated heterocycles. The number of carboxylic acids is 1. The van der Waals surface area contributed by atoms with Gasteiger partial charge in [-0.05, 0) is 12.1 Å². The Morgan fingerprint density at radius 3 is 2.58 bits per heavy atom. The van der Waals surface area contributed by atoms with E-state index in [9.17, 15) is 19.7 Å². The zero-order valence-electron chi connectivity index (χ0n) is 9.37. The average Bonchev–Trinajstić information content (AvgIpc) is 2.34. The third kappa shape index (κ3) is 3.39. The van der Waals surface area contributed by atoms with E-state index in [1.54, 1.807) is 0 Å². The fourth-order valence-corrected chi connectivity index (χ4v) is 1.55. The van der Waals surface area contributed by atoms with Crippen molar-refractivity contribution in [2.75, 3.05) is 6.61 Å². The van der Waals surface area contributed by atoms with E-state index in [0.29, 0.717) is 0 Å². The van der Waals surface area contributed by atoms with Crippen molar-refractivity contribution < 1.29 is 24.7 Å². The van der Waals surface area contributed by atoms with Gasteiger partial charge in [-0.1, -0.05) is 17.7 Å². The normalized spacial score (nSPS) is 11.7. The quantitative estimate of drug-likeness (QED) is 0.532. The Kier molecular flexibility index (Phi) is 4.79. The molecule has 0 heterocycles. The second-order valence-corrected chi connectivity index (χ2v) is 3.85. The summed E-state index contributed by atoms with van der Waals surface area (Å²) in [6.45, 7) is -0.838. The first-order valence-electron chi connectivity index (χ1n) is 4.96. The summed E-state index contributed by atoms with van der Waals surface area (Å²) in [6.07, 6.45) is 0. The predicted octanol–water partition coefficient (Wildman–Crippen LogP) is 0.423. The highest BCUT2D eigenvalue weighted by Gasteiger charge is 2.26. The first-order valence-corrected chi connectivity index (χ1v) is 5.33. The molecule has 3 N–H and O–H groups in total. The summed E-state index contributed by atoms with van der Waals surface area (Å²) < 4.78 is 0. The molecule has 1 atom stereocenters. The maximum absolute atomic E-state index is 11.7. The van der Waals surface area contributed by atoms with Crippen LogP contribution in [0.25, 0.3) is 0 Å². The Morgan fingerprint density at radius 2 is 2.11 bits per heavy atom. The van der Waals surface area contributed by atoms with E-state index >= 15 is 0 Å². The molecule has 0 saturated carbocycles. The summed E-state index contributed by atoms with van der Waals surface area (Å²) in [5, 5.41) is 30.0. The van der Waals surface area contributed by atoms with Crippen LogP contribution in [-0.4, -0.2) is 39.7 Å². The van der Waals surface area contributed by atoms with Crippen molar-refractivity contribution in [1.29, 1.82) is 0 Å². The van der Waals surface area contributed by atoms with Gasteiger partial charge >= 0.3 is 11.7 Å². The van der Waals surface area contributed by atoms with Crippen LogP contribution in [-0.2, 0) is 4.79 Å². The molecule has 1 aromatic rings. The van der Waals surface area contributed by atoms with Gasteiger partial charge in [0.05, 0.1) is 11.5 Å². The van der Waals surface area contributed by atoms with Gasteiger partial charge in [0.2, 0.25) is 0 Å². The van der Waals surface area contributed by atoms with E-state index in [4.69, 9.17) is 21.8 Å². The van der Waals surface area contributed by atoms with E-state index in [2.05, 4.69) is 0 Å². The highest BCUT2D eigenvalue weighted by Crippen LogP contribution is 2.28. The second-order valence-electron chi connectivity index (χ2n) is 3.44. The van der Waals surface area contributed by atoms with Gasteiger partial charge in [-0.3, -0.25) is 14.9 Å². The van der Waals surface area contributed by atoms with Gasteiger partial charge < -0.3 is 15.5 Å². The number of aliphatic carboxylic acids is 1. The van der Waals surface area contributed by atoms with Crippen LogP contribution in [0.4, 0.5) is 5.69 Å². The molecule has 0 radical (unpaired) electrons. The standard InChI is InChI=1S/C10H9ClN2O6/c11-6-3-1-2-5(8(6)13(18)19)9(15)12-7(4-14)10(16)17/h1-3,7,14H,4H2,(H,12,15)(H,16,17). The van der Waals surface area contributed by atoms with Crippen molar-refractivity contribution in [2.24, 2.45) is 0 Å². The van der Waals surface area contributed by atoms with Crippen molar-refractivity contribution in [1.82, 2.24) is 5.32 Å². The molecule has 8 nitrogen and oxygen atoms in total. The van der Waals surface area contributed by atoms with Crippen LogP contribution in [0.15, 0.2) is 18.2 Å². The van der Waals surface area contributed by atoms with Crippen molar-refractivity contribution in [3.8, 4) is 0 Å². The number of para-hydroxylation sites is 1. The second kappa shape index (κ2) is 6.12. The number of rotatable bonds is 5. The molecule has 1 amide bonds. The zero-order chi connectivity index (χ0) is 14.6. The first kappa shape index (κ1) is 14.9. The molecule has 1 unspecified atom stereocenters. The maximum atomic E-state index is 11.7. The van der Waals surface area contributed by atoms with Crippen LogP contribution < -0.4 is 5.32 Å². The molecular weight excluding hydrogens is 280 g/mol. The monoisotopic (exact) mass is 288 g/mol. The van der Waals surface area contributed by atoms with Crippen molar-refractivity contribution >= 4 is 29.2 Å². The van der Waals surface area contributed by atoms with E-state index in [1.807, 2.05) is 5.32 Å². The Labute approximate surface area is 111 Å². The summed E-state index contributed by atoms with van der Waals surface area (Å²) in [6, 6.07) is 2.14. The summed E-state index contributed by atoms with van der Waals surface area (Å²) in [4.78, 5) is 32.4. The van der Waals surface area contributed by atoms with Gasteiger partial charge in [0.15, 0.2) is 6.04 Å². The zero-order valence-corrected chi connectivity index (χ0v) is 10.1. The van der Waals surface area contributed by atoms with Gasteiger partial charge in [-0.15, -0.1) is 0 Å². The number of nitro benzene ring substituents is 1. The lowest BCUT2D eigenvalue weighted by atomic mass is 10.1. The summed E-state index contributed by atoms with van der Waals surface area (Å²) in [5.74, 6) is -2.46. The van der Waals surface area contributed by atoms with Gasteiger partial charge in [-0.25, -0.2) is 4.79 Å². The van der Waals surface area contributed by atoms with Crippen molar-refractivity contribution in [2.45, 2.75) is 6.04 Å². The molecule has 0 aliphatic heterocycles. The first-order chi connectivity index (χ1) is 8.88. The minimum absolute atomic E-state index is 0.242. The molecule has 0 spiro atoms. The number of hydrogen-bond donors (Lipinski definition) is 3. The van der Waals surface area contributed by atoms with Crippen LogP contribution in [0.1, 0.15) is 10.4 Å². The number of carbonyl (C=O) groups excluding carboxylic acids is 1. The maximum Gasteiger partial charge on any atom is 0.328 e. The number of aliphatic hydroxyl groups is 1. The number of carbonyl (C=O) groups is 2. The Balaban J connectivity index is 3.10. The summed E-state index contributed by atoms with van der Waals surface area (Å²) in [5.41, 5.74) is -0.999. The molecular formula is C10H9ClN2O6. The number of nitrogens with zero attached hydrogens (tertiary/aromatic N) is 1. The number of benzene rings is 1. The van der Waals surface area contributed by atoms with Crippen molar-refractivity contribution in [3.05, 3.63) is 38.9 Å². The molecule has 102 valence electrons. The summed E-state index contributed by atoms with van der Waals surface area (Å²) >= 11 is 5.61. The smallest absolute Gasteiger partial charge is 0.328 e. The highest BCUT2D eigenvalue weighted by atomic mass is 35.5. The molecule has 0 aromatic heterocycles. The topological polar surface area (TPSA) is 130 Å². The lowest BCUT2D eigenvalue weighted by Crippen LogP contribution is -2.43. The van der Waals surface area contributed by atoms with E-state index in [-0.39, 0.29) is 10.6 Å². The van der Waals surface area contributed by atoms with E-state index < -0.39 is 35.1 Å². The fraction of sp³-hybridized carbons (Fsp3) is 0.200. The minimum Gasteiger partial charge on any atom is -0.480 e. The van der Waals surface area contributed by atoms with Crippen LogP contribution in [0, 0.1) is 10.1 Å². The molecule has 0 aliphatic rings. The average molecular weight is 289 g/mol. The van der Waals surface area contributed by atoms with Gasteiger partial charge in [-0.2, -0.15) is 0 Å². The molecule has 0 aliphatic carbocycles. The largest absolute Gasteiger partial charge is 0.480 e. The number of aliphatic hydroxyl groups excluding tert-OH is 1. The van der Waals surface area contributed by atoms with Gasteiger partial charge in [0, 0.05) is 0 Å². The number of amides is 1. The third-order valence-electron chi connectivity index (χ3n) is 2.20. The van der Waals surface area contributed by atoms with Gasteiger partial charge in [0.25, 0.3) is 5.91 Å². The number of carboxylic acid groups (broad SMARTS) is 1. The van der Waals surface area contributed by atoms with Crippen LogP contribution in [0.2, 0.25) is 5.02 Å². The molecule has 1 rings (SSSR count). The van der Waals surface area contributed by atoms with E-state index in [1.165, 1.54) is 12.1 Å². The van der Waals surface area contributed by atoms with Gasteiger partial charge in [0.1, 0.15) is 10.6 Å². The summed E-state index contributed by atoms with van der Waals surface area (Å²) in [7, 11) is 0. The van der Waals surface area contributed by atoms with E-state index in [0.717, 1.165) is 6.07 Å².